The van der Waals surface area contributed by atoms with Crippen molar-refractivity contribution in [2.24, 2.45) is 0 Å². The van der Waals surface area contributed by atoms with Crippen LogP contribution in [0, 0.1) is 11.7 Å². The van der Waals surface area contributed by atoms with E-state index in [2.05, 4.69) is 15.6 Å². The summed E-state index contributed by atoms with van der Waals surface area (Å²) in [6, 6.07) is 3.77. The Hall–Kier alpha value is -1.73. The third-order valence-electron chi connectivity index (χ3n) is 3.00. The van der Waals surface area contributed by atoms with Crippen molar-refractivity contribution in [2.45, 2.75) is 40.3 Å². The molecule has 6 nitrogen and oxygen atoms in total. The molecule has 0 aliphatic rings. The van der Waals surface area contributed by atoms with Gasteiger partial charge in [0.2, 0.25) is 4.77 Å². The molecule has 0 aliphatic carbocycles. The molecule has 0 fully saturated rings. The lowest BCUT2D eigenvalue weighted by molar-refractivity contribution is 0.224. The van der Waals surface area contributed by atoms with Crippen LogP contribution in [0.15, 0.2) is 12.1 Å². The van der Waals surface area contributed by atoms with Crippen molar-refractivity contribution in [1.82, 2.24) is 14.9 Å². The largest absolute Gasteiger partial charge is 0.490 e. The van der Waals surface area contributed by atoms with E-state index in [0.29, 0.717) is 34.4 Å². The number of aromatic nitrogens is 3. The molecule has 2 rings (SSSR count). The molecule has 126 valence electrons. The topological polar surface area (TPSA) is 64.1 Å². The van der Waals surface area contributed by atoms with Crippen LogP contribution in [0.5, 0.6) is 11.5 Å². The highest BCUT2D eigenvalue weighted by Gasteiger charge is 2.14. The van der Waals surface area contributed by atoms with E-state index in [9.17, 15) is 0 Å². The zero-order valence-corrected chi connectivity index (χ0v) is 15.2. The minimum absolute atomic E-state index is 0.0163. The Balaban J connectivity index is 2.24. The second-order valence-corrected chi connectivity index (χ2v) is 6.04. The van der Waals surface area contributed by atoms with Crippen LogP contribution in [0.3, 0.4) is 0 Å². The van der Waals surface area contributed by atoms with Crippen molar-refractivity contribution in [3.05, 3.63) is 33.3 Å². The smallest absolute Gasteiger partial charge is 0.214 e. The fourth-order valence-electron chi connectivity index (χ4n) is 2.07. The highest BCUT2D eigenvalue weighted by Crippen LogP contribution is 2.37. The zero-order chi connectivity index (χ0) is 17.0. The van der Waals surface area contributed by atoms with Crippen LogP contribution in [-0.4, -0.2) is 27.6 Å². The van der Waals surface area contributed by atoms with Crippen molar-refractivity contribution >= 4 is 23.8 Å². The summed E-state index contributed by atoms with van der Waals surface area (Å²) in [5, 5.41) is 7.30. The highest BCUT2D eigenvalue weighted by atomic mass is 35.5. The predicted molar refractivity (Wildman–Crippen MR) is 93.6 cm³/mol. The van der Waals surface area contributed by atoms with E-state index >= 15 is 0 Å². The molecule has 1 aromatic carbocycles. The van der Waals surface area contributed by atoms with E-state index in [1.807, 2.05) is 39.8 Å². The molecule has 0 bridgehead atoms. The van der Waals surface area contributed by atoms with Gasteiger partial charge in [0.05, 0.1) is 24.3 Å². The number of aryl methyl sites for hydroxylation is 1. The average Bonchev–Trinajstić information content (AvgIpc) is 2.79. The maximum atomic E-state index is 6.36. The van der Waals surface area contributed by atoms with Gasteiger partial charge in [0.15, 0.2) is 11.5 Å². The number of halogens is 1. The highest BCUT2D eigenvalue weighted by molar-refractivity contribution is 7.71. The fourth-order valence-corrected chi connectivity index (χ4v) is 2.59. The molecule has 0 aliphatic heterocycles. The van der Waals surface area contributed by atoms with Gasteiger partial charge in [-0.05, 0) is 57.6 Å². The molecule has 0 atom stereocenters. The number of hydrogen-bond acceptors (Lipinski definition) is 5. The summed E-state index contributed by atoms with van der Waals surface area (Å²) in [4.78, 5) is 0. The van der Waals surface area contributed by atoms with Crippen LogP contribution in [0.2, 0.25) is 5.02 Å². The number of benzene rings is 1. The van der Waals surface area contributed by atoms with E-state index in [-0.39, 0.29) is 6.10 Å². The normalized spacial score (nSPS) is 10.9. The van der Waals surface area contributed by atoms with Gasteiger partial charge < -0.3 is 14.9 Å². The Morgan fingerprint density at radius 3 is 2.74 bits per heavy atom. The first-order valence-corrected chi connectivity index (χ1v) is 8.20. The third kappa shape index (κ3) is 4.39. The van der Waals surface area contributed by atoms with Gasteiger partial charge >= 0.3 is 0 Å². The summed E-state index contributed by atoms with van der Waals surface area (Å²) in [7, 11) is 0. The standard InChI is InChI=1S/C15H21ClN4O2S/c1-5-21-13-7-11(6-12(16)14(13)22-9(2)3)8-17-20-10(4)18-19-15(20)23/h6-7,9,17H,5,8H2,1-4H3,(H,19,23). The fraction of sp³-hybridized carbons (Fsp3) is 0.467. The zero-order valence-electron chi connectivity index (χ0n) is 13.6. The summed E-state index contributed by atoms with van der Waals surface area (Å²) in [6.45, 7) is 8.74. The van der Waals surface area contributed by atoms with E-state index in [1.54, 1.807) is 4.68 Å². The van der Waals surface area contributed by atoms with Crippen molar-refractivity contribution in [2.75, 3.05) is 12.0 Å². The number of ether oxygens (including phenoxy) is 2. The van der Waals surface area contributed by atoms with Gasteiger partial charge in [-0.3, -0.25) is 5.10 Å². The summed E-state index contributed by atoms with van der Waals surface area (Å²) in [5.41, 5.74) is 4.15. The maximum Gasteiger partial charge on any atom is 0.214 e. The SMILES string of the molecule is CCOc1cc(CNn2c(C)n[nH]c2=S)cc(Cl)c1OC(C)C. The molecule has 0 unspecified atom stereocenters. The number of nitrogens with one attached hydrogen (secondary N) is 2. The molecular formula is C15H21ClN4O2S. The van der Waals surface area contributed by atoms with E-state index in [4.69, 9.17) is 33.3 Å². The Kier molecular flexibility index (Phi) is 5.90. The van der Waals surface area contributed by atoms with Crippen LogP contribution >= 0.6 is 23.8 Å². The molecule has 2 N–H and O–H groups in total. The van der Waals surface area contributed by atoms with Crippen molar-refractivity contribution in [3.8, 4) is 11.5 Å². The van der Waals surface area contributed by atoms with Gasteiger partial charge in [-0.1, -0.05) is 11.6 Å². The molecule has 0 amide bonds. The molecule has 1 heterocycles. The van der Waals surface area contributed by atoms with Gasteiger partial charge in [-0.25, -0.2) is 4.68 Å². The van der Waals surface area contributed by atoms with Crippen molar-refractivity contribution < 1.29 is 9.47 Å². The van der Waals surface area contributed by atoms with Gasteiger partial charge in [0, 0.05) is 0 Å². The van der Waals surface area contributed by atoms with Gasteiger partial charge in [0.1, 0.15) is 5.82 Å². The van der Waals surface area contributed by atoms with Gasteiger partial charge in [-0.15, -0.1) is 0 Å². The van der Waals surface area contributed by atoms with Crippen molar-refractivity contribution in [3.63, 3.8) is 0 Å². The molecule has 23 heavy (non-hydrogen) atoms. The first-order valence-electron chi connectivity index (χ1n) is 7.42. The third-order valence-corrected chi connectivity index (χ3v) is 3.56. The second kappa shape index (κ2) is 7.70. The first-order chi connectivity index (χ1) is 10.9. The number of rotatable bonds is 7. The molecule has 0 spiro atoms. The van der Waals surface area contributed by atoms with Crippen LogP contribution in [-0.2, 0) is 6.54 Å². The lowest BCUT2D eigenvalue weighted by atomic mass is 10.2. The van der Waals surface area contributed by atoms with Crippen LogP contribution < -0.4 is 14.9 Å². The second-order valence-electron chi connectivity index (χ2n) is 5.25. The Bertz CT molecular complexity index is 727. The number of nitrogens with zero attached hydrogens (tertiary/aromatic N) is 2. The number of aromatic amines is 1. The maximum absolute atomic E-state index is 6.36. The Morgan fingerprint density at radius 2 is 2.17 bits per heavy atom. The van der Waals surface area contributed by atoms with Gasteiger partial charge in [0.25, 0.3) is 0 Å². The molecule has 8 heteroatoms. The summed E-state index contributed by atoms with van der Waals surface area (Å²) in [6.07, 6.45) is 0.0163. The van der Waals surface area contributed by atoms with Crippen LogP contribution in [0.25, 0.3) is 0 Å². The summed E-state index contributed by atoms with van der Waals surface area (Å²) in [5.74, 6) is 1.97. The number of H-pyrrole nitrogens is 1. The first kappa shape index (κ1) is 17.6. The van der Waals surface area contributed by atoms with E-state index in [1.165, 1.54) is 0 Å². The Morgan fingerprint density at radius 1 is 1.43 bits per heavy atom. The lowest BCUT2D eigenvalue weighted by Crippen LogP contribution is -2.16. The molecular weight excluding hydrogens is 336 g/mol. The predicted octanol–water partition coefficient (Wildman–Crippen LogP) is 3.83. The molecule has 0 radical (unpaired) electrons. The molecule has 0 saturated carbocycles. The quantitative estimate of drug-likeness (QED) is 0.738. The minimum atomic E-state index is 0.0163. The monoisotopic (exact) mass is 356 g/mol. The van der Waals surface area contributed by atoms with E-state index < -0.39 is 0 Å². The van der Waals surface area contributed by atoms with E-state index in [0.717, 1.165) is 11.4 Å². The number of hydrogen-bond donors (Lipinski definition) is 2. The Labute approximate surface area is 145 Å². The van der Waals surface area contributed by atoms with Gasteiger partial charge in [-0.2, -0.15) is 5.10 Å². The molecule has 0 saturated heterocycles. The minimum Gasteiger partial charge on any atom is -0.490 e. The van der Waals surface area contributed by atoms with Crippen molar-refractivity contribution in [1.29, 1.82) is 0 Å². The molecule has 1 aromatic heterocycles. The lowest BCUT2D eigenvalue weighted by Gasteiger charge is -2.17. The van der Waals surface area contributed by atoms with Crippen LogP contribution in [0.1, 0.15) is 32.2 Å². The average molecular weight is 357 g/mol. The summed E-state index contributed by atoms with van der Waals surface area (Å²) < 4.78 is 13.6. The summed E-state index contributed by atoms with van der Waals surface area (Å²) >= 11 is 11.5. The molecule has 2 aromatic rings. The van der Waals surface area contributed by atoms with Crippen LogP contribution in [0.4, 0.5) is 0 Å².